The van der Waals surface area contributed by atoms with Crippen molar-refractivity contribution in [1.82, 2.24) is 20.1 Å². The molecular formula is C18H17N5O3. The fourth-order valence-electron chi connectivity index (χ4n) is 2.55. The van der Waals surface area contributed by atoms with Gasteiger partial charge in [-0.2, -0.15) is 0 Å². The van der Waals surface area contributed by atoms with Gasteiger partial charge in [-0.25, -0.2) is 0 Å². The number of anilines is 1. The van der Waals surface area contributed by atoms with Gasteiger partial charge in [0.25, 0.3) is 5.91 Å². The number of aromatic nitrogens is 3. The Morgan fingerprint density at radius 3 is 2.69 bits per heavy atom. The molecule has 8 nitrogen and oxygen atoms in total. The van der Waals surface area contributed by atoms with Crippen molar-refractivity contribution in [3.63, 3.8) is 0 Å². The molecule has 4 rings (SSSR count). The number of carbonyl (C=O) groups excluding carboxylic acids is 1. The topological polar surface area (TPSA) is 90.3 Å². The van der Waals surface area contributed by atoms with Crippen LogP contribution in [0.25, 0.3) is 5.82 Å². The number of nitrogens with zero attached hydrogens (tertiary/aromatic N) is 3. The molecule has 0 bridgehead atoms. The lowest BCUT2D eigenvalue weighted by atomic mass is 10.2. The van der Waals surface area contributed by atoms with Gasteiger partial charge in [0.2, 0.25) is 6.79 Å². The molecule has 1 aromatic carbocycles. The molecule has 3 heterocycles. The maximum absolute atomic E-state index is 12.2. The molecule has 2 aromatic heterocycles. The highest BCUT2D eigenvalue weighted by atomic mass is 16.7. The summed E-state index contributed by atoms with van der Waals surface area (Å²) in [6.45, 7) is 1.18. The van der Waals surface area contributed by atoms with Crippen molar-refractivity contribution in [3.05, 3.63) is 60.4 Å². The van der Waals surface area contributed by atoms with Crippen LogP contribution in [0.15, 0.2) is 54.9 Å². The highest BCUT2D eigenvalue weighted by Crippen LogP contribution is 2.32. The lowest BCUT2D eigenvalue weighted by Gasteiger charge is -2.08. The molecule has 1 amide bonds. The Labute approximate surface area is 149 Å². The van der Waals surface area contributed by atoms with Crippen LogP contribution in [0.2, 0.25) is 0 Å². The van der Waals surface area contributed by atoms with E-state index in [9.17, 15) is 4.79 Å². The number of benzene rings is 1. The molecule has 0 fully saturated rings. The monoisotopic (exact) mass is 351 g/mol. The van der Waals surface area contributed by atoms with Gasteiger partial charge in [-0.15, -0.1) is 10.2 Å². The van der Waals surface area contributed by atoms with Crippen molar-refractivity contribution in [2.45, 2.75) is 0 Å². The third-order valence-corrected chi connectivity index (χ3v) is 3.87. The molecule has 26 heavy (non-hydrogen) atoms. The first-order chi connectivity index (χ1) is 12.8. The normalized spacial score (nSPS) is 12.0. The van der Waals surface area contributed by atoms with E-state index in [2.05, 4.69) is 20.8 Å². The summed E-state index contributed by atoms with van der Waals surface area (Å²) in [5.41, 5.74) is 0.533. The summed E-state index contributed by atoms with van der Waals surface area (Å²) in [6, 6.07) is 12.7. The van der Waals surface area contributed by atoms with E-state index in [1.807, 2.05) is 41.2 Å². The molecule has 0 spiro atoms. The summed E-state index contributed by atoms with van der Waals surface area (Å²) >= 11 is 0. The molecule has 1 aliphatic rings. The van der Waals surface area contributed by atoms with Crippen LogP contribution in [-0.4, -0.2) is 40.6 Å². The van der Waals surface area contributed by atoms with Crippen LogP contribution in [0.5, 0.6) is 11.5 Å². The molecule has 2 N–H and O–H groups in total. The van der Waals surface area contributed by atoms with Gasteiger partial charge in [0.15, 0.2) is 17.3 Å². The second kappa shape index (κ2) is 7.14. The molecule has 0 aliphatic carbocycles. The summed E-state index contributed by atoms with van der Waals surface area (Å²) in [7, 11) is 0. The van der Waals surface area contributed by atoms with Crippen molar-refractivity contribution in [2.24, 2.45) is 0 Å². The number of carbonyl (C=O) groups is 1. The van der Waals surface area contributed by atoms with Crippen molar-refractivity contribution in [1.29, 1.82) is 0 Å². The molecular weight excluding hydrogens is 334 g/mol. The Balaban J connectivity index is 1.25. The Kier molecular flexibility index (Phi) is 4.38. The predicted octanol–water partition coefficient (Wildman–Crippen LogP) is 1.84. The maximum Gasteiger partial charge on any atom is 0.251 e. The summed E-state index contributed by atoms with van der Waals surface area (Å²) in [5, 5.41) is 14.2. The minimum absolute atomic E-state index is 0.167. The molecule has 0 saturated carbocycles. The summed E-state index contributed by atoms with van der Waals surface area (Å²) in [6.07, 6.45) is 3.81. The van der Waals surface area contributed by atoms with E-state index < -0.39 is 0 Å². The summed E-state index contributed by atoms with van der Waals surface area (Å²) in [4.78, 5) is 12.2. The molecule has 0 radical (unpaired) electrons. The number of amides is 1. The zero-order valence-electron chi connectivity index (χ0n) is 13.9. The second-order valence-corrected chi connectivity index (χ2v) is 5.62. The van der Waals surface area contributed by atoms with Gasteiger partial charge in [0, 0.05) is 31.0 Å². The Morgan fingerprint density at radius 1 is 1.04 bits per heavy atom. The lowest BCUT2D eigenvalue weighted by Crippen LogP contribution is -2.28. The number of fused-ring (bicyclic) bond motifs is 1. The van der Waals surface area contributed by atoms with E-state index >= 15 is 0 Å². The van der Waals surface area contributed by atoms with Gasteiger partial charge in [-0.1, -0.05) is 0 Å². The molecule has 132 valence electrons. The fourth-order valence-corrected chi connectivity index (χ4v) is 2.55. The number of hydrogen-bond acceptors (Lipinski definition) is 6. The van der Waals surface area contributed by atoms with Gasteiger partial charge in [-0.3, -0.25) is 4.79 Å². The van der Waals surface area contributed by atoms with Crippen LogP contribution >= 0.6 is 0 Å². The zero-order chi connectivity index (χ0) is 17.8. The Hall–Kier alpha value is -3.55. The first kappa shape index (κ1) is 15.9. The van der Waals surface area contributed by atoms with Crippen LogP contribution in [0.3, 0.4) is 0 Å². The Morgan fingerprint density at radius 2 is 1.88 bits per heavy atom. The largest absolute Gasteiger partial charge is 0.454 e. The van der Waals surface area contributed by atoms with E-state index in [1.54, 1.807) is 18.2 Å². The van der Waals surface area contributed by atoms with E-state index in [1.165, 1.54) is 0 Å². The third-order valence-electron chi connectivity index (χ3n) is 3.87. The first-order valence-electron chi connectivity index (χ1n) is 8.18. The number of hydrogen-bond donors (Lipinski definition) is 2. The molecule has 0 unspecified atom stereocenters. The minimum Gasteiger partial charge on any atom is -0.454 e. The standard InChI is InChI=1S/C18H17N5O3/c24-18(13-3-4-14-15(11-13)26-12-25-14)20-8-7-19-16-5-6-17(22-21-16)23-9-1-2-10-23/h1-6,9-11H,7-8,12H2,(H,19,21)(H,20,24). The molecule has 3 aromatic rings. The average Bonchev–Trinajstić information content (AvgIpc) is 3.36. The molecule has 0 saturated heterocycles. The predicted molar refractivity (Wildman–Crippen MR) is 94.7 cm³/mol. The van der Waals surface area contributed by atoms with Crippen LogP contribution in [0.1, 0.15) is 10.4 Å². The van der Waals surface area contributed by atoms with Crippen LogP contribution in [0, 0.1) is 0 Å². The molecule has 8 heteroatoms. The highest BCUT2D eigenvalue weighted by molar-refractivity contribution is 5.94. The van der Waals surface area contributed by atoms with E-state index in [-0.39, 0.29) is 12.7 Å². The minimum atomic E-state index is -0.167. The van der Waals surface area contributed by atoms with Gasteiger partial charge in [0.1, 0.15) is 5.82 Å². The SMILES string of the molecule is O=C(NCCNc1ccc(-n2cccc2)nn1)c1ccc2c(c1)OCO2. The summed E-state index contributed by atoms with van der Waals surface area (Å²) in [5.74, 6) is 2.48. The quantitative estimate of drug-likeness (QED) is 0.659. The van der Waals surface area contributed by atoms with E-state index in [4.69, 9.17) is 9.47 Å². The Bertz CT molecular complexity index is 894. The average molecular weight is 351 g/mol. The van der Waals surface area contributed by atoms with Crippen molar-refractivity contribution in [2.75, 3.05) is 25.2 Å². The summed E-state index contributed by atoms with van der Waals surface area (Å²) < 4.78 is 12.4. The second-order valence-electron chi connectivity index (χ2n) is 5.62. The van der Waals surface area contributed by atoms with Gasteiger partial charge >= 0.3 is 0 Å². The van der Waals surface area contributed by atoms with Crippen LogP contribution in [0.4, 0.5) is 5.82 Å². The van der Waals surface area contributed by atoms with Gasteiger partial charge in [0.05, 0.1) is 0 Å². The third kappa shape index (κ3) is 3.44. The maximum atomic E-state index is 12.2. The van der Waals surface area contributed by atoms with Crippen LogP contribution < -0.4 is 20.1 Å². The number of nitrogens with one attached hydrogen (secondary N) is 2. The molecule has 0 atom stereocenters. The fraction of sp³-hybridized carbons (Fsp3) is 0.167. The smallest absolute Gasteiger partial charge is 0.251 e. The van der Waals surface area contributed by atoms with Crippen LogP contribution in [-0.2, 0) is 0 Å². The van der Waals surface area contributed by atoms with Crippen molar-refractivity contribution < 1.29 is 14.3 Å². The number of ether oxygens (including phenoxy) is 2. The number of rotatable bonds is 6. The zero-order valence-corrected chi connectivity index (χ0v) is 13.9. The van der Waals surface area contributed by atoms with Crippen molar-refractivity contribution in [3.8, 4) is 17.3 Å². The first-order valence-corrected chi connectivity index (χ1v) is 8.18. The van der Waals surface area contributed by atoms with Gasteiger partial charge < -0.3 is 24.7 Å². The van der Waals surface area contributed by atoms with Gasteiger partial charge in [-0.05, 0) is 42.5 Å². The van der Waals surface area contributed by atoms with E-state index in [0.717, 1.165) is 5.82 Å². The van der Waals surface area contributed by atoms with E-state index in [0.29, 0.717) is 36.0 Å². The van der Waals surface area contributed by atoms with Crippen molar-refractivity contribution >= 4 is 11.7 Å². The molecule has 1 aliphatic heterocycles. The lowest BCUT2D eigenvalue weighted by molar-refractivity contribution is 0.0954. The highest BCUT2D eigenvalue weighted by Gasteiger charge is 2.15.